The summed E-state index contributed by atoms with van der Waals surface area (Å²) >= 11 is 0. The zero-order valence-corrected chi connectivity index (χ0v) is 16.1. The fraction of sp³-hybridized carbons (Fsp3) is 0.450. The average molecular weight is 357 g/mol. The predicted octanol–water partition coefficient (Wildman–Crippen LogP) is 2.31. The second kappa shape index (κ2) is 7.83. The Morgan fingerprint density at radius 2 is 1.69 bits per heavy atom. The maximum Gasteiger partial charge on any atom is 0.202 e. The molecule has 3 N–H and O–H groups in total. The fourth-order valence-corrected chi connectivity index (χ4v) is 3.17. The van der Waals surface area contributed by atoms with Gasteiger partial charge in [-0.25, -0.2) is 4.99 Å². The smallest absolute Gasteiger partial charge is 0.202 e. The number of anilines is 1. The molecular formula is C20H27N3O3. The lowest BCUT2D eigenvalue weighted by Crippen LogP contribution is -2.35. The van der Waals surface area contributed by atoms with Crippen LogP contribution in [0, 0.1) is 27.7 Å². The summed E-state index contributed by atoms with van der Waals surface area (Å²) in [4.78, 5) is 31.4. The molecule has 0 aliphatic heterocycles. The van der Waals surface area contributed by atoms with E-state index in [4.69, 9.17) is 10.8 Å². The maximum atomic E-state index is 12.6. The van der Waals surface area contributed by atoms with Crippen molar-refractivity contribution in [3.05, 3.63) is 34.0 Å². The lowest BCUT2D eigenvalue weighted by Gasteiger charge is -2.26. The van der Waals surface area contributed by atoms with Crippen LogP contribution in [0.2, 0.25) is 0 Å². The molecule has 0 heterocycles. The van der Waals surface area contributed by atoms with Gasteiger partial charge in [0.1, 0.15) is 0 Å². The number of hydrogen-bond acceptors (Lipinski definition) is 6. The lowest BCUT2D eigenvalue weighted by atomic mass is 9.95. The summed E-state index contributed by atoms with van der Waals surface area (Å²) in [5.41, 5.74) is 11.9. The Morgan fingerprint density at radius 1 is 1.12 bits per heavy atom. The Balaban J connectivity index is 2.48. The molecular weight excluding hydrogens is 330 g/mol. The number of nitrogens with zero attached hydrogens (tertiary/aromatic N) is 2. The Labute approximate surface area is 154 Å². The lowest BCUT2D eigenvalue weighted by molar-refractivity contribution is -0.118. The number of carbonyl (C=O) groups is 2. The number of aliphatic hydroxyl groups excluding tert-OH is 1. The first-order valence-electron chi connectivity index (χ1n) is 8.81. The van der Waals surface area contributed by atoms with Crippen molar-refractivity contribution >= 4 is 28.7 Å². The first kappa shape index (κ1) is 19.8. The quantitative estimate of drug-likeness (QED) is 0.789. The van der Waals surface area contributed by atoms with Gasteiger partial charge in [0.2, 0.25) is 5.78 Å². The molecule has 1 aliphatic rings. The molecule has 0 saturated carbocycles. The van der Waals surface area contributed by atoms with E-state index in [-0.39, 0.29) is 30.3 Å². The van der Waals surface area contributed by atoms with E-state index in [0.29, 0.717) is 24.5 Å². The molecule has 2 rings (SSSR count). The van der Waals surface area contributed by atoms with E-state index < -0.39 is 0 Å². The Bertz CT molecular complexity index is 793. The molecule has 0 unspecified atom stereocenters. The number of benzene rings is 1. The highest BCUT2D eigenvalue weighted by atomic mass is 16.3. The number of carbonyl (C=O) groups excluding carboxylic acids is 2. The molecule has 0 bridgehead atoms. The van der Waals surface area contributed by atoms with Crippen LogP contribution in [0.3, 0.4) is 0 Å². The number of nitrogen functional groups attached to an aromatic ring is 1. The van der Waals surface area contributed by atoms with Crippen LogP contribution in [0.15, 0.2) is 16.8 Å². The van der Waals surface area contributed by atoms with Crippen LogP contribution in [0.1, 0.15) is 35.6 Å². The number of Topliss-reactive ketones (excluding diaryl/α,β-unsaturated/α-hetero) is 1. The monoisotopic (exact) mass is 357 g/mol. The molecule has 0 radical (unpaired) electrons. The van der Waals surface area contributed by atoms with Gasteiger partial charge in [-0.05, 0) is 56.9 Å². The first-order chi connectivity index (χ1) is 12.2. The van der Waals surface area contributed by atoms with Crippen molar-refractivity contribution in [2.45, 2.75) is 41.0 Å². The number of likely N-dealkylation sites (N-methyl/N-ethyl adjacent to an activating group) is 1. The molecule has 140 valence electrons. The van der Waals surface area contributed by atoms with Crippen molar-refractivity contribution in [3.63, 3.8) is 0 Å². The van der Waals surface area contributed by atoms with Gasteiger partial charge >= 0.3 is 0 Å². The number of hydrogen-bond donors (Lipinski definition) is 2. The summed E-state index contributed by atoms with van der Waals surface area (Å²) in [6.07, 6.45) is 1.31. The van der Waals surface area contributed by atoms with Gasteiger partial charge in [-0.2, -0.15) is 0 Å². The maximum absolute atomic E-state index is 12.6. The Kier molecular flexibility index (Phi) is 5.97. The van der Waals surface area contributed by atoms with Gasteiger partial charge in [-0.3, -0.25) is 9.59 Å². The highest BCUT2D eigenvalue weighted by Gasteiger charge is 2.28. The molecule has 0 amide bonds. The zero-order valence-electron chi connectivity index (χ0n) is 16.1. The molecule has 0 atom stereocenters. The van der Waals surface area contributed by atoms with Crippen LogP contribution in [0.4, 0.5) is 11.4 Å². The minimum Gasteiger partial charge on any atom is -0.398 e. The summed E-state index contributed by atoms with van der Waals surface area (Å²) in [5.74, 6) is -0.417. The summed E-state index contributed by atoms with van der Waals surface area (Å²) in [7, 11) is 0. The highest BCUT2D eigenvalue weighted by Crippen LogP contribution is 2.35. The topological polar surface area (TPSA) is 96.0 Å². The number of aliphatic imine (C=N–C) groups is 1. The van der Waals surface area contributed by atoms with E-state index in [1.165, 1.54) is 6.08 Å². The van der Waals surface area contributed by atoms with Crippen LogP contribution in [0.25, 0.3) is 0 Å². The number of allylic oxidation sites excluding steroid dienone is 2. The van der Waals surface area contributed by atoms with Gasteiger partial charge in [-0.15, -0.1) is 0 Å². The summed E-state index contributed by atoms with van der Waals surface area (Å²) in [6, 6.07) is 0. The zero-order chi connectivity index (χ0) is 19.6. The van der Waals surface area contributed by atoms with Crippen molar-refractivity contribution in [1.82, 2.24) is 4.90 Å². The molecule has 6 heteroatoms. The van der Waals surface area contributed by atoms with Crippen molar-refractivity contribution in [1.29, 1.82) is 0 Å². The molecule has 0 saturated heterocycles. The van der Waals surface area contributed by atoms with Gasteiger partial charge in [0.15, 0.2) is 5.78 Å². The van der Waals surface area contributed by atoms with E-state index in [9.17, 15) is 9.59 Å². The summed E-state index contributed by atoms with van der Waals surface area (Å²) in [5, 5.41) is 9.13. The number of ketones is 2. The molecule has 6 nitrogen and oxygen atoms in total. The van der Waals surface area contributed by atoms with Crippen LogP contribution >= 0.6 is 0 Å². The van der Waals surface area contributed by atoms with Gasteiger partial charge in [0.05, 0.1) is 30.1 Å². The molecule has 26 heavy (non-hydrogen) atoms. The molecule has 1 aromatic rings. The van der Waals surface area contributed by atoms with Crippen LogP contribution in [0.5, 0.6) is 0 Å². The first-order valence-corrected chi connectivity index (χ1v) is 8.81. The molecule has 0 fully saturated rings. The van der Waals surface area contributed by atoms with E-state index in [1.807, 2.05) is 34.6 Å². The molecule has 1 aromatic carbocycles. The number of rotatable bonds is 5. The van der Waals surface area contributed by atoms with Crippen LogP contribution in [-0.4, -0.2) is 47.0 Å². The van der Waals surface area contributed by atoms with E-state index >= 15 is 0 Å². The molecule has 1 aliphatic carbocycles. The third kappa shape index (κ3) is 3.55. The summed E-state index contributed by atoms with van der Waals surface area (Å²) in [6.45, 7) is 10.4. The average Bonchev–Trinajstić information content (AvgIpc) is 2.62. The van der Waals surface area contributed by atoms with Crippen LogP contribution in [-0.2, 0) is 9.59 Å². The van der Waals surface area contributed by atoms with E-state index in [0.717, 1.165) is 27.9 Å². The normalized spacial score (nSPS) is 16.2. The molecule has 0 aromatic heterocycles. The minimum absolute atomic E-state index is 0.0338. The SMILES string of the molecule is CCN(CCO)C1=CC(=O)C(=Nc2c(C)c(C)c(N)c(C)c2C)CC1=O. The van der Waals surface area contributed by atoms with Gasteiger partial charge in [0, 0.05) is 24.9 Å². The van der Waals surface area contributed by atoms with E-state index in [1.54, 1.807) is 4.90 Å². The molecule has 0 spiro atoms. The van der Waals surface area contributed by atoms with Crippen molar-refractivity contribution in [3.8, 4) is 0 Å². The number of nitrogens with two attached hydrogens (primary N) is 1. The predicted molar refractivity (Wildman–Crippen MR) is 104 cm³/mol. The minimum atomic E-state index is -0.262. The van der Waals surface area contributed by atoms with Gasteiger partial charge in [-0.1, -0.05) is 0 Å². The fourth-order valence-electron chi connectivity index (χ4n) is 3.17. The highest BCUT2D eigenvalue weighted by molar-refractivity contribution is 6.50. The van der Waals surface area contributed by atoms with Crippen molar-refractivity contribution in [2.24, 2.45) is 4.99 Å². The van der Waals surface area contributed by atoms with Crippen molar-refractivity contribution < 1.29 is 14.7 Å². The standard InChI is InChI=1S/C20H27N3O3/c1-6-23(7-8-24)16-10-17(25)15(9-18(16)26)22-20-13(4)11(2)19(21)12(3)14(20)5/h10,24H,6-9,21H2,1-5H3. The third-order valence-corrected chi connectivity index (χ3v) is 5.15. The Morgan fingerprint density at radius 3 is 2.19 bits per heavy atom. The third-order valence-electron chi connectivity index (χ3n) is 5.15. The van der Waals surface area contributed by atoms with Crippen molar-refractivity contribution in [2.75, 3.05) is 25.4 Å². The second-order valence-electron chi connectivity index (χ2n) is 6.62. The largest absolute Gasteiger partial charge is 0.398 e. The second-order valence-corrected chi connectivity index (χ2v) is 6.62. The van der Waals surface area contributed by atoms with Gasteiger partial charge < -0.3 is 15.7 Å². The van der Waals surface area contributed by atoms with E-state index in [2.05, 4.69) is 4.99 Å². The number of aliphatic hydroxyl groups is 1. The van der Waals surface area contributed by atoms with Crippen LogP contribution < -0.4 is 5.73 Å². The Hall–Kier alpha value is -2.47. The van der Waals surface area contributed by atoms with Gasteiger partial charge in [0.25, 0.3) is 0 Å². The summed E-state index contributed by atoms with van der Waals surface area (Å²) < 4.78 is 0.